The molecule has 100 valence electrons. The van der Waals surface area contributed by atoms with Gasteiger partial charge in [0.1, 0.15) is 5.75 Å². The number of allylic oxidation sites excluding steroid dienone is 2. The molecule has 0 saturated heterocycles. The Labute approximate surface area is 112 Å². The normalized spacial score (nSPS) is 11.6. The second kappa shape index (κ2) is 8.79. The zero-order valence-electron chi connectivity index (χ0n) is 12.0. The van der Waals surface area contributed by atoms with Crippen LogP contribution in [0.4, 0.5) is 0 Å². The molecule has 0 amide bonds. The largest absolute Gasteiger partial charge is 0.497 e. The molecule has 0 aromatic heterocycles. The van der Waals surface area contributed by atoms with Gasteiger partial charge in [0.05, 0.1) is 7.11 Å². The van der Waals surface area contributed by atoms with E-state index < -0.39 is 0 Å². The van der Waals surface area contributed by atoms with E-state index in [0.29, 0.717) is 0 Å². The van der Waals surface area contributed by atoms with Crippen molar-refractivity contribution in [2.45, 2.75) is 52.4 Å². The fourth-order valence-electron chi connectivity index (χ4n) is 2.02. The maximum atomic E-state index is 5.23. The molecule has 1 heteroatoms. The third-order valence-electron chi connectivity index (χ3n) is 3.25. The Balaban J connectivity index is 2.37. The molecule has 1 aromatic carbocycles. The number of hydrogen-bond donors (Lipinski definition) is 0. The van der Waals surface area contributed by atoms with Crippen LogP contribution >= 0.6 is 0 Å². The van der Waals surface area contributed by atoms with Gasteiger partial charge < -0.3 is 4.74 Å². The average Bonchev–Trinajstić information content (AvgIpc) is 2.41. The van der Waals surface area contributed by atoms with Gasteiger partial charge in [-0.1, -0.05) is 50.0 Å². The summed E-state index contributed by atoms with van der Waals surface area (Å²) < 4.78 is 5.23. The summed E-state index contributed by atoms with van der Waals surface area (Å²) in [6.07, 6.45) is 9.96. The van der Waals surface area contributed by atoms with Crippen molar-refractivity contribution in [2.75, 3.05) is 7.11 Å². The summed E-state index contributed by atoms with van der Waals surface area (Å²) in [5.74, 6) is 0.946. The van der Waals surface area contributed by atoms with Crippen LogP contribution in [0, 0.1) is 0 Å². The van der Waals surface area contributed by atoms with Gasteiger partial charge in [0.15, 0.2) is 0 Å². The minimum absolute atomic E-state index is 0.946. The number of rotatable bonds is 8. The van der Waals surface area contributed by atoms with E-state index in [1.54, 1.807) is 7.11 Å². The van der Waals surface area contributed by atoms with Crippen molar-refractivity contribution < 1.29 is 4.74 Å². The van der Waals surface area contributed by atoms with Gasteiger partial charge in [0, 0.05) is 0 Å². The zero-order chi connectivity index (χ0) is 13.2. The predicted molar refractivity (Wildman–Crippen MR) is 79.2 cm³/mol. The van der Waals surface area contributed by atoms with Crippen molar-refractivity contribution >= 4 is 0 Å². The van der Waals surface area contributed by atoms with E-state index >= 15 is 0 Å². The summed E-state index contributed by atoms with van der Waals surface area (Å²) in [6.45, 7) is 4.50. The Morgan fingerprint density at radius 1 is 1.22 bits per heavy atom. The minimum Gasteiger partial charge on any atom is -0.497 e. The zero-order valence-corrected chi connectivity index (χ0v) is 12.0. The molecule has 0 aliphatic rings. The van der Waals surface area contributed by atoms with Crippen molar-refractivity contribution in [1.29, 1.82) is 0 Å². The third-order valence-corrected chi connectivity index (χ3v) is 3.25. The number of methoxy groups -OCH3 is 1. The lowest BCUT2D eigenvalue weighted by molar-refractivity contribution is 0.414. The van der Waals surface area contributed by atoms with Crippen molar-refractivity contribution in [1.82, 2.24) is 0 Å². The quantitative estimate of drug-likeness (QED) is 0.455. The van der Waals surface area contributed by atoms with Crippen LogP contribution in [0.2, 0.25) is 0 Å². The van der Waals surface area contributed by atoms with Gasteiger partial charge in [0.2, 0.25) is 0 Å². The van der Waals surface area contributed by atoms with Crippen molar-refractivity contribution in [3.05, 3.63) is 41.5 Å². The predicted octanol–water partition coefficient (Wildman–Crippen LogP) is 5.15. The molecule has 0 spiro atoms. The molecular weight excluding hydrogens is 220 g/mol. The molecule has 1 rings (SSSR count). The van der Waals surface area contributed by atoms with Crippen molar-refractivity contribution in [3.63, 3.8) is 0 Å². The standard InChI is InChI=1S/C17H26O/c1-4-5-6-7-9-15(2)12-13-16-10-8-11-17(14-16)18-3/h8,10-12,14H,4-7,9,13H2,1-3H3/b15-12+. The molecule has 0 aliphatic heterocycles. The first-order valence-corrected chi connectivity index (χ1v) is 7.04. The van der Waals surface area contributed by atoms with Gasteiger partial charge in [-0.25, -0.2) is 0 Å². The van der Waals surface area contributed by atoms with Gasteiger partial charge in [-0.15, -0.1) is 0 Å². The van der Waals surface area contributed by atoms with Gasteiger partial charge in [0.25, 0.3) is 0 Å². The van der Waals surface area contributed by atoms with Crippen molar-refractivity contribution in [2.24, 2.45) is 0 Å². The van der Waals surface area contributed by atoms with Crippen LogP contribution in [-0.4, -0.2) is 7.11 Å². The molecule has 0 radical (unpaired) electrons. The van der Waals surface area contributed by atoms with Crippen molar-refractivity contribution in [3.8, 4) is 5.75 Å². The lowest BCUT2D eigenvalue weighted by Crippen LogP contribution is -1.87. The SMILES string of the molecule is CCCCCC/C(C)=C/Cc1cccc(OC)c1. The number of hydrogen-bond acceptors (Lipinski definition) is 1. The summed E-state index contributed by atoms with van der Waals surface area (Å²) in [7, 11) is 1.72. The molecule has 1 nitrogen and oxygen atoms in total. The van der Waals surface area contributed by atoms with Crippen LogP contribution in [0.3, 0.4) is 0 Å². The molecule has 0 fully saturated rings. The Hall–Kier alpha value is -1.24. The molecular formula is C17H26O. The molecule has 0 unspecified atom stereocenters. The maximum Gasteiger partial charge on any atom is 0.119 e. The summed E-state index contributed by atoms with van der Waals surface area (Å²) in [5.41, 5.74) is 2.83. The van der Waals surface area contributed by atoms with E-state index in [9.17, 15) is 0 Å². The van der Waals surface area contributed by atoms with Crippen LogP contribution < -0.4 is 4.74 Å². The van der Waals surface area contributed by atoms with E-state index in [2.05, 4.69) is 38.1 Å². The first-order valence-electron chi connectivity index (χ1n) is 7.04. The highest BCUT2D eigenvalue weighted by Crippen LogP contribution is 2.15. The van der Waals surface area contributed by atoms with Gasteiger partial charge >= 0.3 is 0 Å². The van der Waals surface area contributed by atoms with Gasteiger partial charge in [-0.05, 0) is 43.9 Å². The molecule has 0 heterocycles. The van der Waals surface area contributed by atoms with E-state index in [1.807, 2.05) is 6.07 Å². The highest BCUT2D eigenvalue weighted by atomic mass is 16.5. The van der Waals surface area contributed by atoms with E-state index in [1.165, 1.54) is 43.2 Å². The molecule has 0 saturated carbocycles. The van der Waals surface area contributed by atoms with Crippen LogP contribution in [0.5, 0.6) is 5.75 Å². The van der Waals surface area contributed by atoms with Crippen LogP contribution in [0.15, 0.2) is 35.9 Å². The van der Waals surface area contributed by atoms with E-state index in [-0.39, 0.29) is 0 Å². The maximum absolute atomic E-state index is 5.23. The second-order valence-electron chi connectivity index (χ2n) is 4.92. The minimum atomic E-state index is 0.946. The van der Waals surface area contributed by atoms with Crippen LogP contribution in [0.25, 0.3) is 0 Å². The van der Waals surface area contributed by atoms with Crippen LogP contribution in [0.1, 0.15) is 51.5 Å². The highest BCUT2D eigenvalue weighted by Gasteiger charge is 1.95. The Bertz CT molecular complexity index is 366. The lowest BCUT2D eigenvalue weighted by Gasteiger charge is -2.04. The first-order chi connectivity index (χ1) is 8.76. The molecule has 0 atom stereocenters. The van der Waals surface area contributed by atoms with Crippen LogP contribution in [-0.2, 0) is 6.42 Å². The number of unbranched alkanes of at least 4 members (excludes halogenated alkanes) is 3. The van der Waals surface area contributed by atoms with Gasteiger partial charge in [-0.3, -0.25) is 0 Å². The fraction of sp³-hybridized carbons (Fsp3) is 0.529. The topological polar surface area (TPSA) is 9.23 Å². The average molecular weight is 246 g/mol. The lowest BCUT2D eigenvalue weighted by atomic mass is 10.0. The third kappa shape index (κ3) is 5.90. The Morgan fingerprint density at radius 2 is 2.06 bits per heavy atom. The summed E-state index contributed by atoms with van der Waals surface area (Å²) in [4.78, 5) is 0. The Morgan fingerprint density at radius 3 is 2.78 bits per heavy atom. The summed E-state index contributed by atoms with van der Waals surface area (Å²) in [6, 6.07) is 8.31. The summed E-state index contributed by atoms with van der Waals surface area (Å²) >= 11 is 0. The second-order valence-corrected chi connectivity index (χ2v) is 4.92. The molecule has 1 aromatic rings. The van der Waals surface area contributed by atoms with Gasteiger partial charge in [-0.2, -0.15) is 0 Å². The monoisotopic (exact) mass is 246 g/mol. The Kier molecular flexibility index (Phi) is 7.24. The first kappa shape index (κ1) is 14.8. The fourth-order valence-corrected chi connectivity index (χ4v) is 2.02. The highest BCUT2D eigenvalue weighted by molar-refractivity contribution is 5.29. The molecule has 0 bridgehead atoms. The number of benzene rings is 1. The summed E-state index contributed by atoms with van der Waals surface area (Å²) in [5, 5.41) is 0. The van der Waals surface area contributed by atoms with E-state index in [4.69, 9.17) is 4.74 Å². The molecule has 18 heavy (non-hydrogen) atoms. The smallest absolute Gasteiger partial charge is 0.119 e. The molecule has 0 N–H and O–H groups in total. The van der Waals surface area contributed by atoms with E-state index in [0.717, 1.165) is 12.2 Å². The number of ether oxygens (including phenoxy) is 1. The molecule has 0 aliphatic carbocycles.